The zero-order chi connectivity index (χ0) is 19.3. The fourth-order valence-electron chi connectivity index (χ4n) is 3.30. The van der Waals surface area contributed by atoms with Gasteiger partial charge in [0.15, 0.2) is 0 Å². The Morgan fingerprint density at radius 1 is 1.00 bits per heavy atom. The van der Waals surface area contributed by atoms with Crippen molar-refractivity contribution in [3.05, 3.63) is 83.9 Å². The van der Waals surface area contributed by atoms with E-state index in [-0.39, 0.29) is 18.1 Å². The van der Waals surface area contributed by atoms with E-state index in [4.69, 9.17) is 4.42 Å². The second-order valence-electron chi connectivity index (χ2n) is 6.59. The fourth-order valence-corrected chi connectivity index (χ4v) is 4.15. The minimum absolute atomic E-state index is 0.0397. The molecule has 0 saturated heterocycles. The first-order valence-corrected chi connectivity index (χ1v) is 10.3. The van der Waals surface area contributed by atoms with E-state index in [9.17, 15) is 9.18 Å². The number of carbonyl (C=O) groups excluding carboxylic acids is 1. The normalized spacial score (nSPS) is 11.2. The third-order valence-electron chi connectivity index (χ3n) is 4.68. The van der Waals surface area contributed by atoms with Crippen molar-refractivity contribution in [1.29, 1.82) is 0 Å². The van der Waals surface area contributed by atoms with Crippen LogP contribution >= 0.6 is 11.8 Å². The van der Waals surface area contributed by atoms with Gasteiger partial charge in [0.05, 0.1) is 12.7 Å². The number of benzene rings is 3. The minimum atomic E-state index is -0.182. The fraction of sp³-hybridized carbons (Fsp3) is 0.174. The van der Waals surface area contributed by atoms with Crippen molar-refractivity contribution in [2.24, 2.45) is 0 Å². The van der Waals surface area contributed by atoms with Gasteiger partial charge in [-0.2, -0.15) is 11.8 Å². The molecule has 0 aliphatic carbocycles. The Hall–Kier alpha value is -2.79. The van der Waals surface area contributed by atoms with Crippen molar-refractivity contribution in [2.75, 3.05) is 12.3 Å². The molecule has 0 atom stereocenters. The van der Waals surface area contributed by atoms with Crippen LogP contribution in [-0.2, 0) is 17.0 Å². The molecule has 0 saturated carbocycles. The van der Waals surface area contributed by atoms with Gasteiger partial charge in [0, 0.05) is 29.0 Å². The van der Waals surface area contributed by atoms with E-state index in [0.717, 1.165) is 33.1 Å². The molecule has 1 aromatic heterocycles. The predicted octanol–water partition coefficient (Wildman–Crippen LogP) is 5.32. The summed E-state index contributed by atoms with van der Waals surface area (Å²) in [5, 5.41) is 6.16. The van der Waals surface area contributed by atoms with Crippen molar-refractivity contribution < 1.29 is 13.6 Å². The van der Waals surface area contributed by atoms with Gasteiger partial charge in [0.25, 0.3) is 0 Å². The van der Waals surface area contributed by atoms with Gasteiger partial charge in [0.2, 0.25) is 5.91 Å². The van der Waals surface area contributed by atoms with Crippen LogP contribution in [0.15, 0.2) is 71.3 Å². The Bertz CT molecular complexity index is 1120. The van der Waals surface area contributed by atoms with Gasteiger partial charge in [-0.3, -0.25) is 4.79 Å². The molecule has 0 fully saturated rings. The van der Waals surface area contributed by atoms with Crippen LogP contribution in [-0.4, -0.2) is 18.2 Å². The summed E-state index contributed by atoms with van der Waals surface area (Å²) >= 11 is 1.60. The molecule has 5 heteroatoms. The van der Waals surface area contributed by atoms with E-state index >= 15 is 0 Å². The monoisotopic (exact) mass is 393 g/mol. The molecule has 0 spiro atoms. The topological polar surface area (TPSA) is 42.2 Å². The highest BCUT2D eigenvalue weighted by Gasteiger charge is 2.13. The lowest BCUT2D eigenvalue weighted by atomic mass is 10.0. The minimum Gasteiger partial charge on any atom is -0.464 e. The number of rotatable bonds is 7. The number of nitrogens with one attached hydrogen (secondary N) is 1. The highest BCUT2D eigenvalue weighted by Crippen LogP contribution is 2.30. The molecule has 142 valence electrons. The molecule has 3 aromatic carbocycles. The molecule has 0 radical (unpaired) electrons. The predicted molar refractivity (Wildman–Crippen MR) is 113 cm³/mol. The number of hydrogen-bond acceptors (Lipinski definition) is 3. The first-order chi connectivity index (χ1) is 13.7. The van der Waals surface area contributed by atoms with Crippen LogP contribution in [0.2, 0.25) is 0 Å². The maximum Gasteiger partial charge on any atom is 0.224 e. The molecule has 0 bridgehead atoms. The van der Waals surface area contributed by atoms with Gasteiger partial charge in [-0.25, -0.2) is 4.39 Å². The lowest BCUT2D eigenvalue weighted by molar-refractivity contribution is -0.120. The first kappa shape index (κ1) is 18.6. The number of amides is 1. The van der Waals surface area contributed by atoms with Crippen molar-refractivity contribution in [3.8, 4) is 0 Å². The van der Waals surface area contributed by atoms with E-state index < -0.39 is 0 Å². The number of halogens is 1. The first-order valence-electron chi connectivity index (χ1n) is 9.18. The maximum absolute atomic E-state index is 13.6. The molecule has 1 heterocycles. The summed E-state index contributed by atoms with van der Waals surface area (Å²) in [6.07, 6.45) is 1.95. The molecule has 1 amide bonds. The van der Waals surface area contributed by atoms with Gasteiger partial charge in [0.1, 0.15) is 11.4 Å². The molecule has 4 aromatic rings. The maximum atomic E-state index is 13.6. The lowest BCUT2D eigenvalue weighted by Crippen LogP contribution is -2.27. The van der Waals surface area contributed by atoms with Crippen molar-refractivity contribution >= 4 is 39.4 Å². The molecule has 3 nitrogen and oxygen atoms in total. The van der Waals surface area contributed by atoms with Crippen LogP contribution in [0, 0.1) is 5.82 Å². The van der Waals surface area contributed by atoms with E-state index in [0.29, 0.717) is 17.9 Å². The van der Waals surface area contributed by atoms with E-state index in [1.54, 1.807) is 30.2 Å². The molecule has 4 rings (SSSR count). The van der Waals surface area contributed by atoms with Gasteiger partial charge >= 0.3 is 0 Å². The smallest absolute Gasteiger partial charge is 0.224 e. The molecule has 28 heavy (non-hydrogen) atoms. The average molecular weight is 393 g/mol. The van der Waals surface area contributed by atoms with E-state index in [2.05, 4.69) is 11.4 Å². The van der Waals surface area contributed by atoms with Crippen molar-refractivity contribution in [3.63, 3.8) is 0 Å². The zero-order valence-electron chi connectivity index (χ0n) is 15.3. The van der Waals surface area contributed by atoms with Gasteiger partial charge < -0.3 is 9.73 Å². The summed E-state index contributed by atoms with van der Waals surface area (Å²) in [5.74, 6) is 1.11. The second-order valence-corrected chi connectivity index (χ2v) is 7.70. The highest BCUT2D eigenvalue weighted by atomic mass is 32.2. The second kappa shape index (κ2) is 8.48. The number of carbonyl (C=O) groups is 1. The Kier molecular flexibility index (Phi) is 5.63. The summed E-state index contributed by atoms with van der Waals surface area (Å²) in [5.41, 5.74) is 2.38. The van der Waals surface area contributed by atoms with E-state index in [1.165, 1.54) is 6.07 Å². The number of hydrogen-bond donors (Lipinski definition) is 1. The van der Waals surface area contributed by atoms with E-state index in [1.807, 2.05) is 36.4 Å². The third-order valence-corrected chi connectivity index (χ3v) is 5.68. The summed E-state index contributed by atoms with van der Waals surface area (Å²) in [7, 11) is 0. The molecule has 0 unspecified atom stereocenters. The Morgan fingerprint density at radius 2 is 1.82 bits per heavy atom. The summed E-state index contributed by atoms with van der Waals surface area (Å²) in [6.45, 7) is 0.550. The number of fused-ring (bicyclic) bond motifs is 3. The highest BCUT2D eigenvalue weighted by molar-refractivity contribution is 7.98. The average Bonchev–Trinajstić information content (AvgIpc) is 3.12. The van der Waals surface area contributed by atoms with Crippen LogP contribution in [0.25, 0.3) is 21.7 Å². The van der Waals surface area contributed by atoms with Crippen molar-refractivity contribution in [2.45, 2.75) is 12.2 Å². The van der Waals surface area contributed by atoms with Gasteiger partial charge in [-0.1, -0.05) is 48.5 Å². The lowest BCUT2D eigenvalue weighted by Gasteiger charge is -2.06. The summed E-state index contributed by atoms with van der Waals surface area (Å²) in [4.78, 5) is 12.4. The van der Waals surface area contributed by atoms with Crippen LogP contribution in [0.3, 0.4) is 0 Å². The molecular weight excluding hydrogens is 373 g/mol. The van der Waals surface area contributed by atoms with Crippen LogP contribution in [0.4, 0.5) is 4.39 Å². The SMILES string of the molecule is O=C(Cc1coc2ccc3ccccc3c12)NCCSCc1ccccc1F. The van der Waals surface area contributed by atoms with Gasteiger partial charge in [-0.05, 0) is 28.5 Å². The summed E-state index contributed by atoms with van der Waals surface area (Å²) in [6, 6.07) is 18.8. The quantitative estimate of drug-likeness (QED) is 0.432. The standard InChI is InChI=1S/C23H20FNO2S/c24-20-8-4-2-6-17(20)15-28-12-11-25-22(26)13-18-14-27-21-10-9-16-5-1-3-7-19(16)23(18)21/h1-10,14H,11-13,15H2,(H,25,26). The molecule has 0 aliphatic rings. The Morgan fingerprint density at radius 3 is 2.71 bits per heavy atom. The van der Waals surface area contributed by atoms with Crippen LogP contribution in [0.1, 0.15) is 11.1 Å². The third kappa shape index (κ3) is 4.04. The molecule has 1 N–H and O–H groups in total. The number of thioether (sulfide) groups is 1. The number of furan rings is 1. The van der Waals surface area contributed by atoms with Crippen LogP contribution in [0.5, 0.6) is 0 Å². The zero-order valence-corrected chi connectivity index (χ0v) is 16.1. The summed E-state index contributed by atoms with van der Waals surface area (Å²) < 4.78 is 19.2. The Labute approximate surface area is 166 Å². The van der Waals surface area contributed by atoms with Crippen molar-refractivity contribution in [1.82, 2.24) is 5.32 Å². The Balaban J connectivity index is 1.33. The molecular formula is C23H20FNO2S. The van der Waals surface area contributed by atoms with Gasteiger partial charge in [-0.15, -0.1) is 0 Å². The molecule has 0 aliphatic heterocycles. The van der Waals surface area contributed by atoms with Crippen LogP contribution < -0.4 is 5.32 Å². The largest absolute Gasteiger partial charge is 0.464 e.